The van der Waals surface area contributed by atoms with Crippen LogP contribution in [0.4, 0.5) is 0 Å². The number of fused-ring (bicyclic) bond motifs is 2. The maximum Gasteiger partial charge on any atom is 0.337 e. The Morgan fingerprint density at radius 3 is 2.68 bits per heavy atom. The second-order valence-electron chi connectivity index (χ2n) is 9.70. The molecule has 0 bridgehead atoms. The number of carbonyl (C=O) groups excluding carboxylic acids is 2. The largest absolute Gasteiger partial charge is 0.494 e. The topological polar surface area (TPSA) is 122 Å². The summed E-state index contributed by atoms with van der Waals surface area (Å²) < 4.78 is 4.83. The van der Waals surface area contributed by atoms with Crippen molar-refractivity contribution in [1.82, 2.24) is 25.4 Å². The van der Waals surface area contributed by atoms with E-state index in [9.17, 15) is 14.7 Å². The number of likely N-dealkylation sites (tertiary alicyclic amines) is 1. The zero-order valence-electron chi connectivity index (χ0n) is 21.2. The summed E-state index contributed by atoms with van der Waals surface area (Å²) >= 11 is 0. The standard InChI is InChI=1S/C27H32N6O4/c1-32(2)15-22(34)33-12-11-19-25(33)28-14-21(29-19)31-24(16-7-5-4-6-8-16)23-18-10-9-17(27(36)37-3)13-20(18)30-26(23)35/h4-10,13,19,21,25,28-30,35H,11-12,14-15H2,1-3H3. The molecule has 4 N–H and O–H groups in total. The second kappa shape index (κ2) is 10.3. The smallest absolute Gasteiger partial charge is 0.337 e. The van der Waals surface area contributed by atoms with Crippen LogP contribution in [0.5, 0.6) is 5.88 Å². The number of piperazine rings is 1. The predicted molar refractivity (Wildman–Crippen MR) is 141 cm³/mol. The van der Waals surface area contributed by atoms with Crippen molar-refractivity contribution in [2.75, 3.05) is 40.8 Å². The summed E-state index contributed by atoms with van der Waals surface area (Å²) in [5, 5.41) is 18.8. The zero-order valence-corrected chi connectivity index (χ0v) is 21.2. The van der Waals surface area contributed by atoms with Crippen LogP contribution < -0.4 is 10.6 Å². The number of likely N-dealkylation sites (N-methyl/N-ethyl adjacent to an activating group) is 1. The summed E-state index contributed by atoms with van der Waals surface area (Å²) in [5.41, 5.74) is 3.05. The number of aromatic hydroxyl groups is 1. The fourth-order valence-electron chi connectivity index (χ4n) is 5.18. The number of aliphatic imine (C=N–C) groups is 1. The van der Waals surface area contributed by atoms with Crippen molar-refractivity contribution < 1.29 is 19.4 Å². The molecule has 1 amide bonds. The van der Waals surface area contributed by atoms with Crippen LogP contribution in [-0.4, -0.2) is 96.7 Å². The molecule has 2 aliphatic heterocycles. The minimum Gasteiger partial charge on any atom is -0.494 e. The highest BCUT2D eigenvalue weighted by Gasteiger charge is 2.40. The SMILES string of the molecule is COC(=O)c1ccc2c(C(=NC3CNC4C(CCN4C(=O)CN(C)C)N3)c3ccccc3)c(O)[nH]c2c1. The van der Waals surface area contributed by atoms with Gasteiger partial charge >= 0.3 is 5.97 Å². The number of ether oxygens (including phenoxy) is 1. The van der Waals surface area contributed by atoms with Gasteiger partial charge in [0.15, 0.2) is 5.88 Å². The summed E-state index contributed by atoms with van der Waals surface area (Å²) in [6, 6.07) is 14.9. The minimum absolute atomic E-state index is 0.0254. The number of benzene rings is 2. The molecule has 0 aliphatic carbocycles. The fraction of sp³-hybridized carbons (Fsp3) is 0.370. The van der Waals surface area contributed by atoms with Crippen molar-refractivity contribution in [3.8, 4) is 5.88 Å². The van der Waals surface area contributed by atoms with E-state index in [1.54, 1.807) is 18.2 Å². The van der Waals surface area contributed by atoms with E-state index in [0.717, 1.165) is 17.4 Å². The number of nitrogens with zero attached hydrogens (tertiary/aromatic N) is 3. The van der Waals surface area contributed by atoms with Crippen molar-refractivity contribution in [2.45, 2.75) is 24.8 Å². The van der Waals surface area contributed by atoms with Gasteiger partial charge in [0.05, 0.1) is 36.7 Å². The molecule has 3 atom stereocenters. The van der Waals surface area contributed by atoms with Gasteiger partial charge in [0.2, 0.25) is 5.91 Å². The second-order valence-corrected chi connectivity index (χ2v) is 9.70. The molecule has 10 heteroatoms. The molecule has 0 saturated carbocycles. The Morgan fingerprint density at radius 1 is 1.16 bits per heavy atom. The molecule has 2 aliphatic rings. The lowest BCUT2D eigenvalue weighted by Gasteiger charge is -2.37. The summed E-state index contributed by atoms with van der Waals surface area (Å²) in [6.07, 6.45) is 0.495. The molecule has 0 radical (unpaired) electrons. The van der Waals surface area contributed by atoms with Gasteiger partial charge in [-0.2, -0.15) is 0 Å². The van der Waals surface area contributed by atoms with Gasteiger partial charge in [0.25, 0.3) is 0 Å². The number of aromatic amines is 1. The van der Waals surface area contributed by atoms with E-state index >= 15 is 0 Å². The third-order valence-corrected chi connectivity index (χ3v) is 6.87. The fourth-order valence-corrected chi connectivity index (χ4v) is 5.18. The van der Waals surface area contributed by atoms with Gasteiger partial charge in [0, 0.05) is 35.6 Å². The Balaban J connectivity index is 1.47. The average molecular weight is 505 g/mol. The molecule has 3 aromatic rings. The molecule has 2 fully saturated rings. The van der Waals surface area contributed by atoms with Crippen LogP contribution in [-0.2, 0) is 9.53 Å². The number of esters is 1. The van der Waals surface area contributed by atoms with E-state index in [0.29, 0.717) is 42.0 Å². The number of hydrogen-bond acceptors (Lipinski definition) is 8. The Hall–Kier alpha value is -3.73. The number of aromatic nitrogens is 1. The van der Waals surface area contributed by atoms with Crippen molar-refractivity contribution in [2.24, 2.45) is 4.99 Å². The number of H-pyrrole nitrogens is 1. The number of amides is 1. The first kappa shape index (κ1) is 24.9. The first-order valence-electron chi connectivity index (χ1n) is 12.4. The number of carbonyl (C=O) groups is 2. The van der Waals surface area contributed by atoms with Gasteiger partial charge in [-0.1, -0.05) is 36.4 Å². The van der Waals surface area contributed by atoms with Crippen LogP contribution >= 0.6 is 0 Å². The first-order chi connectivity index (χ1) is 17.9. The lowest BCUT2D eigenvalue weighted by atomic mass is 10.00. The van der Waals surface area contributed by atoms with Crippen molar-refractivity contribution in [1.29, 1.82) is 0 Å². The van der Waals surface area contributed by atoms with Gasteiger partial charge in [0.1, 0.15) is 6.17 Å². The Labute approximate surface area is 215 Å². The average Bonchev–Trinajstić information content (AvgIpc) is 3.46. The summed E-state index contributed by atoms with van der Waals surface area (Å²) in [7, 11) is 5.12. The molecule has 5 rings (SSSR count). The molecule has 37 heavy (non-hydrogen) atoms. The Morgan fingerprint density at radius 2 is 1.95 bits per heavy atom. The minimum atomic E-state index is -0.448. The van der Waals surface area contributed by atoms with E-state index < -0.39 is 5.97 Å². The summed E-state index contributed by atoms with van der Waals surface area (Å²) in [4.78, 5) is 36.5. The van der Waals surface area contributed by atoms with Crippen molar-refractivity contribution in [3.05, 3.63) is 65.2 Å². The zero-order chi connectivity index (χ0) is 26.1. The molecule has 2 saturated heterocycles. The lowest BCUT2D eigenvalue weighted by molar-refractivity contribution is -0.133. The molecule has 3 heterocycles. The van der Waals surface area contributed by atoms with Gasteiger partial charge < -0.3 is 24.6 Å². The maximum atomic E-state index is 12.7. The van der Waals surface area contributed by atoms with E-state index in [-0.39, 0.29) is 30.2 Å². The van der Waals surface area contributed by atoms with Gasteiger partial charge in [-0.25, -0.2) is 4.79 Å². The van der Waals surface area contributed by atoms with Crippen LogP contribution in [0.1, 0.15) is 27.9 Å². The number of hydrogen-bond donors (Lipinski definition) is 4. The van der Waals surface area contributed by atoms with Gasteiger partial charge in [-0.3, -0.25) is 20.4 Å². The van der Waals surface area contributed by atoms with Crippen LogP contribution in [0.3, 0.4) is 0 Å². The predicted octanol–water partition coefficient (Wildman–Crippen LogP) is 1.51. The molecule has 3 unspecified atom stereocenters. The van der Waals surface area contributed by atoms with Crippen LogP contribution in [0, 0.1) is 0 Å². The van der Waals surface area contributed by atoms with Crippen LogP contribution in [0.2, 0.25) is 0 Å². The van der Waals surface area contributed by atoms with E-state index in [1.807, 2.05) is 54.2 Å². The highest BCUT2D eigenvalue weighted by molar-refractivity contribution is 6.21. The van der Waals surface area contributed by atoms with E-state index in [2.05, 4.69) is 15.6 Å². The quantitative estimate of drug-likeness (QED) is 0.297. The van der Waals surface area contributed by atoms with Crippen molar-refractivity contribution in [3.63, 3.8) is 0 Å². The van der Waals surface area contributed by atoms with Crippen LogP contribution in [0.25, 0.3) is 10.9 Å². The molecule has 2 aromatic carbocycles. The molecular formula is C27H32N6O4. The molecular weight excluding hydrogens is 472 g/mol. The van der Waals surface area contributed by atoms with E-state index in [1.165, 1.54) is 7.11 Å². The summed E-state index contributed by atoms with van der Waals surface area (Å²) in [6.45, 7) is 1.59. The third-order valence-electron chi connectivity index (χ3n) is 6.87. The molecule has 194 valence electrons. The lowest BCUT2D eigenvalue weighted by Crippen LogP contribution is -2.63. The normalized spacial score (nSPS) is 21.9. The first-order valence-corrected chi connectivity index (χ1v) is 12.4. The highest BCUT2D eigenvalue weighted by atomic mass is 16.5. The molecule has 0 spiro atoms. The van der Waals surface area contributed by atoms with Crippen LogP contribution in [0.15, 0.2) is 53.5 Å². The van der Waals surface area contributed by atoms with Crippen molar-refractivity contribution >= 4 is 28.5 Å². The molecule has 10 nitrogen and oxygen atoms in total. The number of rotatable bonds is 6. The monoisotopic (exact) mass is 504 g/mol. The van der Waals surface area contributed by atoms with Gasteiger partial charge in [-0.15, -0.1) is 0 Å². The molecule has 1 aromatic heterocycles. The third kappa shape index (κ3) is 4.95. The Kier molecular flexibility index (Phi) is 6.96. The van der Waals surface area contributed by atoms with Gasteiger partial charge in [-0.05, 0) is 32.6 Å². The highest BCUT2D eigenvalue weighted by Crippen LogP contribution is 2.31. The maximum absolute atomic E-state index is 12.7. The summed E-state index contributed by atoms with van der Waals surface area (Å²) in [5.74, 6) is -0.368. The number of nitrogens with one attached hydrogen (secondary N) is 3. The van der Waals surface area contributed by atoms with E-state index in [4.69, 9.17) is 9.73 Å². The number of methoxy groups -OCH3 is 1. The Bertz CT molecular complexity index is 1340.